The van der Waals surface area contributed by atoms with Gasteiger partial charge >= 0.3 is 5.97 Å². The minimum atomic E-state index is -0.504. The number of amides is 1. The minimum absolute atomic E-state index is 0.00377. The van der Waals surface area contributed by atoms with E-state index in [0.29, 0.717) is 41.1 Å². The first kappa shape index (κ1) is 21.9. The molecule has 3 aliphatic rings. The molecule has 1 amide bonds. The van der Waals surface area contributed by atoms with Crippen LogP contribution in [0.2, 0.25) is 0 Å². The number of ether oxygens (including phenoxy) is 1. The summed E-state index contributed by atoms with van der Waals surface area (Å²) >= 11 is 1.44. The smallest absolute Gasteiger partial charge is 0.306 e. The van der Waals surface area contributed by atoms with Crippen LogP contribution in [-0.4, -0.2) is 49.4 Å². The first-order chi connectivity index (χ1) is 14.6. The quantitative estimate of drug-likeness (QED) is 0.643. The Balaban J connectivity index is 1.58. The van der Waals surface area contributed by atoms with Gasteiger partial charge in [0.15, 0.2) is 11.5 Å². The van der Waals surface area contributed by atoms with E-state index in [0.717, 1.165) is 17.8 Å². The number of fused-ring (bicyclic) bond motifs is 2. The van der Waals surface area contributed by atoms with Crippen molar-refractivity contribution in [2.45, 2.75) is 78.0 Å². The first-order valence-corrected chi connectivity index (χ1v) is 11.7. The highest BCUT2D eigenvalue weighted by atomic mass is 32.1. The summed E-state index contributed by atoms with van der Waals surface area (Å²) in [4.78, 5) is 42.1. The van der Waals surface area contributed by atoms with Crippen molar-refractivity contribution in [1.29, 1.82) is 0 Å². The Bertz CT molecular complexity index is 963. The summed E-state index contributed by atoms with van der Waals surface area (Å²) in [7, 11) is 0. The Kier molecular flexibility index (Phi) is 5.85. The van der Waals surface area contributed by atoms with Gasteiger partial charge in [0.05, 0.1) is 5.01 Å². The summed E-state index contributed by atoms with van der Waals surface area (Å²) in [5.74, 6) is 1.20. The van der Waals surface area contributed by atoms with Gasteiger partial charge in [0.2, 0.25) is 0 Å². The molecular formula is C23H30N4O3S. The van der Waals surface area contributed by atoms with Crippen molar-refractivity contribution in [2.24, 2.45) is 11.8 Å². The molecule has 3 fully saturated rings. The zero-order valence-corrected chi connectivity index (χ0v) is 19.6. The molecule has 7 nitrogen and oxygen atoms in total. The first-order valence-electron chi connectivity index (χ1n) is 10.9. The summed E-state index contributed by atoms with van der Waals surface area (Å²) in [6, 6.07) is 1.97. The predicted octanol–water partition coefficient (Wildman–Crippen LogP) is 4.27. The van der Waals surface area contributed by atoms with Gasteiger partial charge in [0, 0.05) is 30.9 Å². The molecule has 0 aromatic carbocycles. The van der Waals surface area contributed by atoms with Gasteiger partial charge in [-0.05, 0) is 64.9 Å². The van der Waals surface area contributed by atoms with Crippen LogP contribution in [0.3, 0.4) is 0 Å². The maximum atomic E-state index is 13.8. The summed E-state index contributed by atoms with van der Waals surface area (Å²) in [6.07, 6.45) is 6.31. The number of piperidine rings is 2. The second kappa shape index (κ2) is 8.30. The summed E-state index contributed by atoms with van der Waals surface area (Å²) < 4.78 is 5.49. The molecule has 2 aromatic rings. The maximum absolute atomic E-state index is 13.8. The van der Waals surface area contributed by atoms with E-state index in [2.05, 4.69) is 21.9 Å². The van der Waals surface area contributed by atoms with Crippen molar-refractivity contribution in [1.82, 2.24) is 19.9 Å². The normalized spacial score (nSPS) is 25.1. The monoisotopic (exact) mass is 442 g/mol. The van der Waals surface area contributed by atoms with Gasteiger partial charge in [-0.25, -0.2) is 15.0 Å². The average molecular weight is 443 g/mol. The molecule has 2 saturated heterocycles. The number of carbonyl (C=O) groups excluding carboxylic acids is 2. The molecule has 0 radical (unpaired) electrons. The van der Waals surface area contributed by atoms with Crippen LogP contribution < -0.4 is 0 Å². The number of thiazole rings is 1. The molecule has 2 aliphatic heterocycles. The number of hydrogen-bond donors (Lipinski definition) is 0. The van der Waals surface area contributed by atoms with Crippen molar-refractivity contribution in [3.63, 3.8) is 0 Å². The fourth-order valence-corrected chi connectivity index (χ4v) is 5.62. The van der Waals surface area contributed by atoms with Crippen molar-refractivity contribution in [3.05, 3.63) is 29.2 Å². The molecule has 0 N–H and O–H groups in total. The van der Waals surface area contributed by atoms with Gasteiger partial charge in [-0.1, -0.05) is 6.92 Å². The lowest BCUT2D eigenvalue weighted by atomic mass is 9.64. The Hall–Kier alpha value is -2.35. The van der Waals surface area contributed by atoms with Crippen LogP contribution in [-0.2, 0) is 9.53 Å². The standard InChI is InChI=1S/C23H30N4O3S/c1-13-15-11-16(12-15)27(17(13)7-8-18(28)30-23(3,4)5)22(29)19-20(31-14(2)26-19)21-24-9-6-10-25-21/h6,9-10,13,15-17H,7-8,11-12H2,1-5H3/t13-,15?,16?,17-/m1/s1. The molecule has 1 saturated carbocycles. The van der Waals surface area contributed by atoms with Gasteiger partial charge in [0.1, 0.15) is 10.5 Å². The summed E-state index contributed by atoms with van der Waals surface area (Å²) in [5.41, 5.74) is -0.0798. The van der Waals surface area contributed by atoms with Gasteiger partial charge in [-0.15, -0.1) is 11.3 Å². The molecular weight excluding hydrogens is 412 g/mol. The SMILES string of the molecule is Cc1nc(C(=O)N2C3CC(C3)[C@@H](C)[C@H]2CCC(=O)OC(C)(C)C)c(-c2ncccn2)s1. The molecule has 8 heteroatoms. The van der Waals surface area contributed by atoms with Crippen LogP contribution in [0.1, 0.15) is 68.9 Å². The maximum Gasteiger partial charge on any atom is 0.306 e. The van der Waals surface area contributed by atoms with Crippen LogP contribution in [0.15, 0.2) is 18.5 Å². The van der Waals surface area contributed by atoms with Gasteiger partial charge in [-0.3, -0.25) is 9.59 Å². The van der Waals surface area contributed by atoms with Gasteiger partial charge < -0.3 is 9.64 Å². The van der Waals surface area contributed by atoms with E-state index in [4.69, 9.17) is 4.74 Å². The molecule has 5 rings (SSSR count). The largest absolute Gasteiger partial charge is 0.460 e. The van der Waals surface area contributed by atoms with E-state index < -0.39 is 5.60 Å². The number of nitrogens with zero attached hydrogens (tertiary/aromatic N) is 4. The van der Waals surface area contributed by atoms with E-state index in [9.17, 15) is 9.59 Å². The number of carbonyl (C=O) groups is 2. The highest BCUT2D eigenvalue weighted by molar-refractivity contribution is 7.15. The van der Waals surface area contributed by atoms with Crippen LogP contribution in [0.5, 0.6) is 0 Å². The second-order valence-electron chi connectivity index (χ2n) is 9.63. The van der Waals surface area contributed by atoms with Crippen LogP contribution in [0.4, 0.5) is 0 Å². The summed E-state index contributed by atoms with van der Waals surface area (Å²) in [6.45, 7) is 9.71. The van der Waals surface area contributed by atoms with E-state index in [1.807, 2.05) is 32.6 Å². The fourth-order valence-electron chi connectivity index (χ4n) is 4.76. The fraction of sp³-hybridized carbons (Fsp3) is 0.609. The topological polar surface area (TPSA) is 85.3 Å². The lowest BCUT2D eigenvalue weighted by Gasteiger charge is -2.57. The van der Waals surface area contributed by atoms with E-state index in [1.54, 1.807) is 18.5 Å². The minimum Gasteiger partial charge on any atom is -0.460 e. The van der Waals surface area contributed by atoms with E-state index in [-0.39, 0.29) is 24.0 Å². The van der Waals surface area contributed by atoms with Crippen LogP contribution in [0, 0.1) is 18.8 Å². The molecule has 4 heterocycles. The molecule has 0 unspecified atom stereocenters. The van der Waals surface area contributed by atoms with Gasteiger partial charge in [0.25, 0.3) is 5.91 Å². The molecule has 1 aliphatic carbocycles. The number of esters is 1. The lowest BCUT2D eigenvalue weighted by molar-refractivity contribution is -0.156. The van der Waals surface area contributed by atoms with Crippen molar-refractivity contribution in [3.8, 4) is 10.7 Å². The van der Waals surface area contributed by atoms with E-state index in [1.165, 1.54) is 11.3 Å². The molecule has 31 heavy (non-hydrogen) atoms. The van der Waals surface area contributed by atoms with Crippen LogP contribution in [0.25, 0.3) is 10.7 Å². The Morgan fingerprint density at radius 2 is 1.90 bits per heavy atom. The number of aromatic nitrogens is 3. The third-order valence-electron chi connectivity index (χ3n) is 6.26. The second-order valence-corrected chi connectivity index (χ2v) is 10.8. The predicted molar refractivity (Wildman–Crippen MR) is 119 cm³/mol. The van der Waals surface area contributed by atoms with Crippen molar-refractivity contribution in [2.75, 3.05) is 0 Å². The summed E-state index contributed by atoms with van der Waals surface area (Å²) in [5, 5.41) is 0.813. The number of hydrogen-bond acceptors (Lipinski definition) is 7. The Labute approximate surface area is 187 Å². The van der Waals surface area contributed by atoms with Gasteiger partial charge in [-0.2, -0.15) is 0 Å². The Morgan fingerprint density at radius 3 is 2.55 bits per heavy atom. The molecule has 166 valence electrons. The van der Waals surface area contributed by atoms with E-state index >= 15 is 0 Å². The third kappa shape index (κ3) is 4.49. The highest BCUT2D eigenvalue weighted by Gasteiger charge is 2.51. The highest BCUT2D eigenvalue weighted by Crippen LogP contribution is 2.48. The molecule has 2 aromatic heterocycles. The number of aryl methyl sites for hydroxylation is 1. The molecule has 0 spiro atoms. The van der Waals surface area contributed by atoms with Crippen molar-refractivity contribution >= 4 is 23.2 Å². The average Bonchev–Trinajstić information content (AvgIpc) is 3.06. The third-order valence-corrected chi connectivity index (χ3v) is 7.22. The molecule has 2 bridgehead atoms. The lowest BCUT2D eigenvalue weighted by Crippen LogP contribution is -2.63. The van der Waals surface area contributed by atoms with Crippen molar-refractivity contribution < 1.29 is 14.3 Å². The van der Waals surface area contributed by atoms with Crippen LogP contribution >= 0.6 is 11.3 Å². The zero-order valence-electron chi connectivity index (χ0n) is 18.8. The molecule has 2 atom stereocenters. The number of rotatable bonds is 5. The zero-order chi connectivity index (χ0) is 22.3. The Morgan fingerprint density at radius 1 is 1.23 bits per heavy atom.